The van der Waals surface area contributed by atoms with Gasteiger partial charge in [-0.25, -0.2) is 4.39 Å². The number of hydrogen-bond acceptors (Lipinski definition) is 5. The normalized spacial score (nSPS) is 15.2. The van der Waals surface area contributed by atoms with E-state index in [1.807, 2.05) is 0 Å². The highest BCUT2D eigenvalue weighted by atomic mass is 19.1. The van der Waals surface area contributed by atoms with E-state index in [2.05, 4.69) is 5.32 Å². The Kier molecular flexibility index (Phi) is 6.66. The van der Waals surface area contributed by atoms with Crippen LogP contribution in [0.15, 0.2) is 42.5 Å². The molecule has 7 nitrogen and oxygen atoms in total. The Labute approximate surface area is 173 Å². The average Bonchev–Trinajstić information content (AvgIpc) is 2.73. The zero-order chi connectivity index (χ0) is 21.7. The highest BCUT2D eigenvalue weighted by molar-refractivity contribution is 6.00. The summed E-state index contributed by atoms with van der Waals surface area (Å²) in [4.78, 5) is 37.8. The summed E-state index contributed by atoms with van der Waals surface area (Å²) in [6.45, 7) is 3.10. The summed E-state index contributed by atoms with van der Waals surface area (Å²) in [6, 6.07) is 11.8. The fourth-order valence-electron chi connectivity index (χ4n) is 3.01. The minimum atomic E-state index is -0.645. The molecule has 1 unspecified atom stereocenters. The Hall–Kier alpha value is -3.42. The van der Waals surface area contributed by atoms with Gasteiger partial charge in [-0.15, -0.1) is 0 Å². The van der Waals surface area contributed by atoms with Gasteiger partial charge in [-0.3, -0.25) is 14.4 Å². The van der Waals surface area contributed by atoms with E-state index in [1.165, 1.54) is 11.0 Å². The van der Waals surface area contributed by atoms with E-state index in [1.54, 1.807) is 50.2 Å². The molecule has 1 aliphatic heterocycles. The van der Waals surface area contributed by atoms with Crippen LogP contribution >= 0.6 is 0 Å². The lowest BCUT2D eigenvalue weighted by Gasteiger charge is -2.32. The molecule has 0 saturated carbocycles. The van der Waals surface area contributed by atoms with Gasteiger partial charge in [0.1, 0.15) is 11.6 Å². The Balaban J connectivity index is 1.45. The van der Waals surface area contributed by atoms with Gasteiger partial charge < -0.3 is 19.7 Å². The molecule has 2 aromatic carbocycles. The third kappa shape index (κ3) is 5.14. The van der Waals surface area contributed by atoms with Crippen molar-refractivity contribution in [2.45, 2.75) is 32.9 Å². The number of para-hydroxylation sites is 2. The van der Waals surface area contributed by atoms with Crippen LogP contribution in [0, 0.1) is 12.7 Å². The van der Waals surface area contributed by atoms with E-state index in [0.29, 0.717) is 22.6 Å². The number of esters is 1. The molecular formula is C22H23FN2O5. The molecule has 3 rings (SSSR count). The number of rotatable bonds is 7. The molecule has 0 bridgehead atoms. The molecule has 0 saturated heterocycles. The molecule has 0 spiro atoms. The topological polar surface area (TPSA) is 84.9 Å². The number of carbonyl (C=O) groups is 3. The molecule has 0 aliphatic carbocycles. The largest absolute Gasteiger partial charge is 0.479 e. The standard InChI is InChI=1S/C22H23FN2O5/c1-14-7-8-16(11-17(14)23)12-24-20(26)13-29-21(27)9-10-25-18-5-3-4-6-19(18)30-15(2)22(25)28/h3-8,11,15H,9-10,12-13H2,1-2H3,(H,24,26). The third-order valence-electron chi connectivity index (χ3n) is 4.70. The molecule has 158 valence electrons. The van der Waals surface area contributed by atoms with Gasteiger partial charge in [-0.1, -0.05) is 24.3 Å². The number of aryl methyl sites for hydroxylation is 1. The van der Waals surface area contributed by atoms with Crippen LogP contribution in [0.3, 0.4) is 0 Å². The van der Waals surface area contributed by atoms with Crippen LogP contribution < -0.4 is 15.0 Å². The summed E-state index contributed by atoms with van der Waals surface area (Å²) in [6.07, 6.45) is -0.711. The molecular weight excluding hydrogens is 391 g/mol. The van der Waals surface area contributed by atoms with Crippen molar-refractivity contribution < 1.29 is 28.2 Å². The summed E-state index contributed by atoms with van der Waals surface area (Å²) >= 11 is 0. The van der Waals surface area contributed by atoms with Crippen LogP contribution in [0.5, 0.6) is 5.75 Å². The number of amides is 2. The fourth-order valence-corrected chi connectivity index (χ4v) is 3.01. The SMILES string of the molecule is Cc1ccc(CNC(=O)COC(=O)CCN2C(=O)C(C)Oc3ccccc32)cc1F. The van der Waals surface area contributed by atoms with Crippen molar-refractivity contribution in [1.82, 2.24) is 5.32 Å². The zero-order valence-electron chi connectivity index (χ0n) is 16.8. The van der Waals surface area contributed by atoms with Crippen molar-refractivity contribution in [3.8, 4) is 5.75 Å². The lowest BCUT2D eigenvalue weighted by Crippen LogP contribution is -2.45. The summed E-state index contributed by atoms with van der Waals surface area (Å²) in [5, 5.41) is 2.57. The lowest BCUT2D eigenvalue weighted by atomic mass is 10.1. The van der Waals surface area contributed by atoms with Gasteiger partial charge in [0.05, 0.1) is 12.1 Å². The van der Waals surface area contributed by atoms with Crippen molar-refractivity contribution in [3.05, 3.63) is 59.4 Å². The molecule has 8 heteroatoms. The monoisotopic (exact) mass is 414 g/mol. The molecule has 0 aromatic heterocycles. The van der Waals surface area contributed by atoms with Crippen molar-refractivity contribution in [2.75, 3.05) is 18.1 Å². The molecule has 1 N–H and O–H groups in total. The van der Waals surface area contributed by atoms with Crippen LogP contribution in [0.1, 0.15) is 24.5 Å². The van der Waals surface area contributed by atoms with Gasteiger partial charge >= 0.3 is 5.97 Å². The molecule has 2 aromatic rings. The number of carbonyl (C=O) groups excluding carboxylic acids is 3. The van der Waals surface area contributed by atoms with E-state index in [9.17, 15) is 18.8 Å². The molecule has 2 amide bonds. The van der Waals surface area contributed by atoms with Crippen molar-refractivity contribution in [1.29, 1.82) is 0 Å². The van der Waals surface area contributed by atoms with Crippen LogP contribution in [0.4, 0.5) is 10.1 Å². The molecule has 0 radical (unpaired) electrons. The summed E-state index contributed by atoms with van der Waals surface area (Å²) in [5.74, 6) is -1.11. The van der Waals surface area contributed by atoms with Gasteiger partial charge in [0.25, 0.3) is 11.8 Å². The van der Waals surface area contributed by atoms with Crippen molar-refractivity contribution in [2.24, 2.45) is 0 Å². The predicted molar refractivity (Wildman–Crippen MR) is 107 cm³/mol. The highest BCUT2D eigenvalue weighted by Gasteiger charge is 2.31. The zero-order valence-corrected chi connectivity index (χ0v) is 16.8. The smallest absolute Gasteiger partial charge is 0.308 e. The Morgan fingerprint density at radius 3 is 2.77 bits per heavy atom. The second kappa shape index (κ2) is 9.39. The van der Waals surface area contributed by atoms with Gasteiger partial charge in [0, 0.05) is 13.1 Å². The Morgan fingerprint density at radius 2 is 2.00 bits per heavy atom. The van der Waals surface area contributed by atoms with E-state index in [0.717, 1.165) is 0 Å². The number of fused-ring (bicyclic) bond motifs is 1. The van der Waals surface area contributed by atoms with Crippen LogP contribution in [-0.2, 0) is 25.7 Å². The molecule has 1 aliphatic rings. The van der Waals surface area contributed by atoms with E-state index >= 15 is 0 Å². The molecule has 30 heavy (non-hydrogen) atoms. The number of hydrogen-bond donors (Lipinski definition) is 1. The van der Waals surface area contributed by atoms with Crippen LogP contribution in [0.25, 0.3) is 0 Å². The first-order chi connectivity index (χ1) is 14.3. The first-order valence-corrected chi connectivity index (χ1v) is 9.59. The summed E-state index contributed by atoms with van der Waals surface area (Å²) in [7, 11) is 0. The lowest BCUT2D eigenvalue weighted by molar-refractivity contribution is -0.148. The number of ether oxygens (including phenoxy) is 2. The van der Waals surface area contributed by atoms with Crippen molar-refractivity contribution >= 4 is 23.5 Å². The van der Waals surface area contributed by atoms with Crippen molar-refractivity contribution in [3.63, 3.8) is 0 Å². The summed E-state index contributed by atoms with van der Waals surface area (Å²) < 4.78 is 24.1. The number of nitrogens with zero attached hydrogens (tertiary/aromatic N) is 1. The molecule has 1 atom stereocenters. The Morgan fingerprint density at radius 1 is 1.23 bits per heavy atom. The number of benzene rings is 2. The third-order valence-corrected chi connectivity index (χ3v) is 4.70. The van der Waals surface area contributed by atoms with Gasteiger partial charge in [0.2, 0.25) is 0 Å². The predicted octanol–water partition coefficient (Wildman–Crippen LogP) is 2.50. The van der Waals surface area contributed by atoms with Gasteiger partial charge in [-0.2, -0.15) is 0 Å². The molecule has 1 heterocycles. The minimum Gasteiger partial charge on any atom is -0.479 e. The number of nitrogens with one attached hydrogen (secondary N) is 1. The Bertz CT molecular complexity index is 962. The average molecular weight is 414 g/mol. The fraction of sp³-hybridized carbons (Fsp3) is 0.318. The quantitative estimate of drug-likeness (QED) is 0.704. The maximum absolute atomic E-state index is 13.5. The van der Waals surface area contributed by atoms with Crippen LogP contribution in [0.2, 0.25) is 0 Å². The maximum Gasteiger partial charge on any atom is 0.308 e. The van der Waals surface area contributed by atoms with Gasteiger partial charge in [-0.05, 0) is 43.2 Å². The minimum absolute atomic E-state index is 0.0662. The molecule has 0 fully saturated rings. The van der Waals surface area contributed by atoms with E-state index in [-0.39, 0.29) is 31.2 Å². The highest BCUT2D eigenvalue weighted by Crippen LogP contribution is 2.33. The maximum atomic E-state index is 13.5. The number of halogens is 1. The van der Waals surface area contributed by atoms with E-state index in [4.69, 9.17) is 9.47 Å². The second-order valence-corrected chi connectivity index (χ2v) is 6.99. The summed E-state index contributed by atoms with van der Waals surface area (Å²) in [5.41, 5.74) is 1.72. The first-order valence-electron chi connectivity index (χ1n) is 9.59. The van der Waals surface area contributed by atoms with Gasteiger partial charge in [0.15, 0.2) is 12.7 Å². The second-order valence-electron chi connectivity index (χ2n) is 6.99. The van der Waals surface area contributed by atoms with E-state index < -0.39 is 24.6 Å². The number of anilines is 1. The van der Waals surface area contributed by atoms with Crippen LogP contribution in [-0.4, -0.2) is 37.0 Å². The first kappa shape index (κ1) is 21.3.